The summed E-state index contributed by atoms with van der Waals surface area (Å²) < 4.78 is 5.06. The highest BCUT2D eigenvalue weighted by Crippen LogP contribution is 2.30. The van der Waals surface area contributed by atoms with E-state index < -0.39 is 0 Å². The molecule has 0 atom stereocenters. The molecule has 0 aromatic heterocycles. The highest BCUT2D eigenvalue weighted by atomic mass is 32.2. The van der Waals surface area contributed by atoms with E-state index in [0.717, 1.165) is 4.90 Å². The molecule has 92 valence electrons. The minimum absolute atomic E-state index is 0.299. The van der Waals surface area contributed by atoms with E-state index >= 15 is 0 Å². The van der Waals surface area contributed by atoms with Crippen molar-refractivity contribution in [3.63, 3.8) is 0 Å². The summed E-state index contributed by atoms with van der Waals surface area (Å²) in [6.45, 7) is 3.47. The Morgan fingerprint density at radius 3 is 2.44 bits per heavy atom. The molecule has 0 spiro atoms. The molecule has 0 aliphatic rings. The third kappa shape index (κ3) is 3.64. The molecule has 0 N–H and O–H groups in total. The normalized spacial score (nSPS) is 10.1. The van der Waals surface area contributed by atoms with Crippen LogP contribution in [0.4, 0.5) is 0 Å². The molecule has 0 saturated carbocycles. The van der Waals surface area contributed by atoms with Gasteiger partial charge < -0.3 is 4.74 Å². The van der Waals surface area contributed by atoms with E-state index in [0.29, 0.717) is 5.75 Å². The Morgan fingerprint density at radius 1 is 1.06 bits per heavy atom. The van der Waals surface area contributed by atoms with Crippen LogP contribution in [-0.2, 0) is 4.79 Å². The summed E-state index contributed by atoms with van der Waals surface area (Å²) in [4.78, 5) is 13.1. The average Bonchev–Trinajstić information content (AvgIpc) is 2.32. The van der Waals surface area contributed by atoms with Gasteiger partial charge in [-0.1, -0.05) is 35.5 Å². The second kappa shape index (κ2) is 5.74. The first kappa shape index (κ1) is 12.7. The van der Waals surface area contributed by atoms with Gasteiger partial charge in [-0.05, 0) is 37.3 Å². The van der Waals surface area contributed by atoms with Crippen LogP contribution in [0.2, 0.25) is 0 Å². The number of carbonyl (C=O) groups excluding carboxylic acids is 1. The van der Waals surface area contributed by atoms with E-state index in [4.69, 9.17) is 4.74 Å². The molecule has 3 heteroatoms. The summed E-state index contributed by atoms with van der Waals surface area (Å²) in [6.07, 6.45) is 0. The highest BCUT2D eigenvalue weighted by Gasteiger charge is 2.01. The topological polar surface area (TPSA) is 26.3 Å². The fourth-order valence-electron chi connectivity index (χ4n) is 1.51. The molecule has 18 heavy (non-hydrogen) atoms. The van der Waals surface area contributed by atoms with Crippen LogP contribution >= 0.6 is 11.8 Å². The van der Waals surface area contributed by atoms with E-state index in [1.165, 1.54) is 17.4 Å². The molecule has 0 aliphatic heterocycles. The molecule has 0 saturated heterocycles. The summed E-state index contributed by atoms with van der Waals surface area (Å²) in [7, 11) is 0. The van der Waals surface area contributed by atoms with Crippen molar-refractivity contribution in [1.29, 1.82) is 0 Å². The summed E-state index contributed by atoms with van der Waals surface area (Å²) in [5, 5.41) is 0. The lowest BCUT2D eigenvalue weighted by atomic mass is 10.2. The number of carbonyl (C=O) groups is 1. The summed E-state index contributed by atoms with van der Waals surface area (Å²) in [5.74, 6) is 0.284. The van der Waals surface area contributed by atoms with E-state index in [2.05, 4.69) is 31.2 Å². The average molecular weight is 258 g/mol. The molecule has 0 amide bonds. The number of hydrogen-bond acceptors (Lipinski definition) is 3. The van der Waals surface area contributed by atoms with Gasteiger partial charge in [0, 0.05) is 16.7 Å². The fourth-order valence-corrected chi connectivity index (χ4v) is 2.38. The zero-order valence-corrected chi connectivity index (χ0v) is 11.2. The second-order valence-corrected chi connectivity index (χ2v) is 5.13. The molecule has 0 heterocycles. The lowest BCUT2D eigenvalue weighted by Crippen LogP contribution is -2.00. The maximum absolute atomic E-state index is 10.9. The second-order valence-electron chi connectivity index (χ2n) is 3.98. The smallest absolute Gasteiger partial charge is 0.308 e. The van der Waals surface area contributed by atoms with Crippen molar-refractivity contribution in [3.05, 3.63) is 54.1 Å². The predicted octanol–water partition coefficient (Wildman–Crippen LogP) is 4.07. The van der Waals surface area contributed by atoms with Crippen LogP contribution in [0.3, 0.4) is 0 Å². The third-order valence-corrected chi connectivity index (χ3v) is 3.32. The van der Waals surface area contributed by atoms with Gasteiger partial charge in [-0.25, -0.2) is 0 Å². The van der Waals surface area contributed by atoms with Crippen molar-refractivity contribution in [2.45, 2.75) is 23.6 Å². The van der Waals surface area contributed by atoms with Crippen LogP contribution in [0.1, 0.15) is 12.5 Å². The first-order chi connectivity index (χ1) is 8.63. The fraction of sp³-hybridized carbons (Fsp3) is 0.133. The van der Waals surface area contributed by atoms with Gasteiger partial charge in [-0.3, -0.25) is 4.79 Å². The lowest BCUT2D eigenvalue weighted by molar-refractivity contribution is -0.131. The van der Waals surface area contributed by atoms with Crippen LogP contribution in [0.5, 0.6) is 5.75 Å². The van der Waals surface area contributed by atoms with Gasteiger partial charge in [0.15, 0.2) is 0 Å². The number of aryl methyl sites for hydroxylation is 1. The third-order valence-electron chi connectivity index (χ3n) is 2.32. The quantitative estimate of drug-likeness (QED) is 0.613. The maximum Gasteiger partial charge on any atom is 0.308 e. The molecule has 0 aliphatic carbocycles. The Hall–Kier alpha value is -1.74. The van der Waals surface area contributed by atoms with Gasteiger partial charge in [0.1, 0.15) is 5.75 Å². The van der Waals surface area contributed by atoms with Gasteiger partial charge in [-0.15, -0.1) is 0 Å². The van der Waals surface area contributed by atoms with Crippen molar-refractivity contribution >= 4 is 17.7 Å². The first-order valence-electron chi connectivity index (χ1n) is 5.66. The summed E-state index contributed by atoms with van der Waals surface area (Å²) in [5.41, 5.74) is 1.24. The number of ether oxygens (including phenoxy) is 1. The number of rotatable bonds is 3. The zero-order chi connectivity index (χ0) is 13.0. The van der Waals surface area contributed by atoms with Crippen LogP contribution in [0.15, 0.2) is 58.3 Å². The minimum atomic E-state index is -0.299. The van der Waals surface area contributed by atoms with Crippen molar-refractivity contribution < 1.29 is 9.53 Å². The number of hydrogen-bond donors (Lipinski definition) is 0. The SMILES string of the molecule is CC(=O)Oc1cccc(Sc2ccc(C)cc2)c1. The van der Waals surface area contributed by atoms with Gasteiger partial charge in [0.05, 0.1) is 0 Å². The molecule has 0 radical (unpaired) electrons. The molecule has 2 nitrogen and oxygen atoms in total. The molecule has 0 fully saturated rings. The lowest BCUT2D eigenvalue weighted by Gasteiger charge is -2.05. The van der Waals surface area contributed by atoms with Crippen molar-refractivity contribution in [3.8, 4) is 5.75 Å². The van der Waals surface area contributed by atoms with Crippen LogP contribution in [0.25, 0.3) is 0 Å². The van der Waals surface area contributed by atoms with Crippen LogP contribution < -0.4 is 4.74 Å². The van der Waals surface area contributed by atoms with E-state index in [1.54, 1.807) is 17.8 Å². The van der Waals surface area contributed by atoms with Crippen LogP contribution in [0, 0.1) is 6.92 Å². The monoisotopic (exact) mass is 258 g/mol. The molecular formula is C15H14O2S. The maximum atomic E-state index is 10.9. The molecule has 0 unspecified atom stereocenters. The van der Waals surface area contributed by atoms with E-state index in [-0.39, 0.29) is 5.97 Å². The number of esters is 1. The minimum Gasteiger partial charge on any atom is -0.427 e. The van der Waals surface area contributed by atoms with Crippen molar-refractivity contribution in [2.75, 3.05) is 0 Å². The largest absolute Gasteiger partial charge is 0.427 e. The Labute approximate surface area is 111 Å². The molecule has 0 bridgehead atoms. The summed E-state index contributed by atoms with van der Waals surface area (Å²) >= 11 is 1.65. The summed E-state index contributed by atoms with van der Waals surface area (Å²) in [6, 6.07) is 15.9. The van der Waals surface area contributed by atoms with Gasteiger partial charge in [0.2, 0.25) is 0 Å². The molecule has 2 aromatic rings. The standard InChI is InChI=1S/C15H14O2S/c1-11-6-8-14(9-7-11)18-15-5-3-4-13(10-15)17-12(2)16/h3-10H,1-2H3. The molecule has 2 rings (SSSR count). The Kier molecular flexibility index (Phi) is 4.05. The Morgan fingerprint density at radius 2 is 1.78 bits per heavy atom. The first-order valence-corrected chi connectivity index (χ1v) is 6.48. The molecular weight excluding hydrogens is 244 g/mol. The Bertz CT molecular complexity index is 547. The van der Waals surface area contributed by atoms with E-state index in [1.807, 2.05) is 18.2 Å². The van der Waals surface area contributed by atoms with Gasteiger partial charge in [0.25, 0.3) is 0 Å². The zero-order valence-electron chi connectivity index (χ0n) is 10.3. The Balaban J connectivity index is 2.13. The van der Waals surface area contributed by atoms with Crippen molar-refractivity contribution in [1.82, 2.24) is 0 Å². The van der Waals surface area contributed by atoms with Crippen LogP contribution in [-0.4, -0.2) is 5.97 Å². The number of benzene rings is 2. The highest BCUT2D eigenvalue weighted by molar-refractivity contribution is 7.99. The predicted molar refractivity (Wildman–Crippen MR) is 73.1 cm³/mol. The van der Waals surface area contributed by atoms with Gasteiger partial charge >= 0.3 is 5.97 Å². The van der Waals surface area contributed by atoms with E-state index in [9.17, 15) is 4.79 Å². The molecule has 2 aromatic carbocycles. The van der Waals surface area contributed by atoms with Crippen molar-refractivity contribution in [2.24, 2.45) is 0 Å². The van der Waals surface area contributed by atoms with Gasteiger partial charge in [-0.2, -0.15) is 0 Å².